The normalized spacial score (nSPS) is 11.5. The number of amides is 1. The first-order chi connectivity index (χ1) is 16.8. The molecule has 0 aliphatic heterocycles. The summed E-state index contributed by atoms with van der Waals surface area (Å²) >= 11 is 1.43. The number of aromatic nitrogens is 2. The Morgan fingerprint density at radius 2 is 1.49 bits per heavy atom. The second-order valence-electron chi connectivity index (χ2n) is 9.76. The third-order valence-electron chi connectivity index (χ3n) is 6.08. The number of carbonyl (C=O) groups excluding carboxylic acids is 1. The van der Waals surface area contributed by atoms with Crippen LogP contribution in [0.15, 0.2) is 84.2 Å². The number of benzene rings is 3. The predicted octanol–water partition coefficient (Wildman–Crippen LogP) is 7.88. The Kier molecular flexibility index (Phi) is 5.95. The van der Waals surface area contributed by atoms with Crippen LogP contribution in [0, 0.1) is 6.92 Å². The van der Waals surface area contributed by atoms with E-state index in [2.05, 4.69) is 74.4 Å². The number of fused-ring (bicyclic) bond motifs is 1. The van der Waals surface area contributed by atoms with Gasteiger partial charge in [0.25, 0.3) is 5.91 Å². The number of carbonyl (C=O) groups is 1. The fraction of sp³-hybridized carbons (Fsp3) is 0.167. The van der Waals surface area contributed by atoms with E-state index in [1.54, 1.807) is 0 Å². The van der Waals surface area contributed by atoms with Gasteiger partial charge in [0.2, 0.25) is 0 Å². The van der Waals surface area contributed by atoms with Gasteiger partial charge in [-0.25, -0.2) is 9.97 Å². The highest BCUT2D eigenvalue weighted by Gasteiger charge is 2.17. The number of para-hydroxylation sites is 1. The molecular weight excluding hydrogens is 450 g/mol. The van der Waals surface area contributed by atoms with E-state index in [1.807, 2.05) is 47.8 Å². The van der Waals surface area contributed by atoms with Gasteiger partial charge < -0.3 is 0 Å². The minimum Gasteiger partial charge on any atom is -0.298 e. The highest BCUT2D eigenvalue weighted by molar-refractivity contribution is 7.14. The fourth-order valence-corrected chi connectivity index (χ4v) is 4.72. The summed E-state index contributed by atoms with van der Waals surface area (Å²) < 4.78 is 0. The number of pyridine rings is 1. The SMILES string of the molecule is Cc1ccc(-c2cc(C(=O)Nc3nc(-c4ccc(C(C)(C)C)cc4)cs3)c3ccccc3n2)cc1. The summed E-state index contributed by atoms with van der Waals surface area (Å²) in [7, 11) is 0. The lowest BCUT2D eigenvalue weighted by Crippen LogP contribution is -2.13. The van der Waals surface area contributed by atoms with Crippen molar-refractivity contribution in [2.75, 3.05) is 5.32 Å². The molecule has 0 saturated heterocycles. The highest BCUT2D eigenvalue weighted by Crippen LogP contribution is 2.30. The fourth-order valence-electron chi connectivity index (χ4n) is 4.00. The monoisotopic (exact) mass is 477 g/mol. The van der Waals surface area contributed by atoms with E-state index in [1.165, 1.54) is 22.5 Å². The molecule has 2 aromatic heterocycles. The van der Waals surface area contributed by atoms with Crippen LogP contribution in [0.1, 0.15) is 42.3 Å². The Balaban J connectivity index is 1.44. The Bertz CT molecular complexity index is 1510. The summed E-state index contributed by atoms with van der Waals surface area (Å²) in [5.74, 6) is -0.194. The van der Waals surface area contributed by atoms with Gasteiger partial charge >= 0.3 is 0 Å². The topological polar surface area (TPSA) is 54.9 Å². The first-order valence-corrected chi connectivity index (χ1v) is 12.5. The van der Waals surface area contributed by atoms with Crippen LogP contribution < -0.4 is 5.32 Å². The summed E-state index contributed by atoms with van der Waals surface area (Å²) in [6.45, 7) is 8.65. The van der Waals surface area contributed by atoms with Gasteiger partial charge in [0, 0.05) is 21.9 Å². The maximum absolute atomic E-state index is 13.4. The zero-order chi connectivity index (χ0) is 24.6. The Labute approximate surface area is 209 Å². The van der Waals surface area contributed by atoms with Gasteiger partial charge in [0.05, 0.1) is 22.5 Å². The molecule has 0 aliphatic carbocycles. The number of thiazole rings is 1. The molecule has 0 radical (unpaired) electrons. The van der Waals surface area contributed by atoms with Gasteiger partial charge in [-0.1, -0.05) is 93.1 Å². The van der Waals surface area contributed by atoms with Crippen molar-refractivity contribution in [1.82, 2.24) is 9.97 Å². The molecule has 0 spiro atoms. The second-order valence-corrected chi connectivity index (χ2v) is 10.6. The molecule has 5 rings (SSSR count). The van der Waals surface area contributed by atoms with E-state index >= 15 is 0 Å². The van der Waals surface area contributed by atoms with Crippen molar-refractivity contribution in [2.45, 2.75) is 33.1 Å². The lowest BCUT2D eigenvalue weighted by atomic mass is 9.86. The average molecular weight is 478 g/mol. The van der Waals surface area contributed by atoms with Crippen LogP contribution in [0.2, 0.25) is 0 Å². The molecule has 1 amide bonds. The van der Waals surface area contributed by atoms with Crippen molar-refractivity contribution in [1.29, 1.82) is 0 Å². The van der Waals surface area contributed by atoms with E-state index in [0.29, 0.717) is 10.7 Å². The third-order valence-corrected chi connectivity index (χ3v) is 6.84. The van der Waals surface area contributed by atoms with Crippen LogP contribution in [0.5, 0.6) is 0 Å². The second kappa shape index (κ2) is 9.08. The van der Waals surface area contributed by atoms with Crippen LogP contribution in [0.25, 0.3) is 33.4 Å². The standard InChI is InChI=1S/C30H27N3OS/c1-19-9-11-20(12-10-19)26-17-24(23-7-5-6-8-25(23)31-26)28(34)33-29-32-27(18-35-29)21-13-15-22(16-14-21)30(2,3)4/h5-18H,1-4H3,(H,32,33,34). The Morgan fingerprint density at radius 1 is 0.829 bits per heavy atom. The Morgan fingerprint density at radius 3 is 2.20 bits per heavy atom. The molecule has 0 fully saturated rings. The van der Waals surface area contributed by atoms with Crippen molar-refractivity contribution in [2.24, 2.45) is 0 Å². The molecule has 0 bridgehead atoms. The predicted molar refractivity (Wildman–Crippen MR) is 146 cm³/mol. The Hall–Kier alpha value is -3.83. The molecule has 174 valence electrons. The minimum atomic E-state index is -0.194. The van der Waals surface area contributed by atoms with E-state index in [4.69, 9.17) is 4.98 Å². The lowest BCUT2D eigenvalue weighted by molar-refractivity contribution is 0.102. The minimum absolute atomic E-state index is 0.102. The number of anilines is 1. The zero-order valence-corrected chi connectivity index (χ0v) is 21.1. The molecule has 0 atom stereocenters. The van der Waals surface area contributed by atoms with Gasteiger partial charge in [-0.05, 0) is 30.0 Å². The summed E-state index contributed by atoms with van der Waals surface area (Å²) in [6.07, 6.45) is 0. The van der Waals surface area contributed by atoms with Crippen molar-refractivity contribution < 1.29 is 4.79 Å². The van der Waals surface area contributed by atoms with Crippen molar-refractivity contribution in [3.8, 4) is 22.5 Å². The van der Waals surface area contributed by atoms with Crippen molar-refractivity contribution in [3.05, 3.63) is 101 Å². The van der Waals surface area contributed by atoms with Crippen LogP contribution in [0.3, 0.4) is 0 Å². The molecule has 3 aromatic carbocycles. The molecule has 35 heavy (non-hydrogen) atoms. The maximum Gasteiger partial charge on any atom is 0.258 e. The maximum atomic E-state index is 13.4. The van der Waals surface area contributed by atoms with E-state index in [0.717, 1.165) is 33.4 Å². The van der Waals surface area contributed by atoms with Crippen LogP contribution in [-0.2, 0) is 5.41 Å². The number of hydrogen-bond acceptors (Lipinski definition) is 4. The van der Waals surface area contributed by atoms with Gasteiger partial charge in [0.1, 0.15) is 0 Å². The van der Waals surface area contributed by atoms with E-state index in [-0.39, 0.29) is 11.3 Å². The van der Waals surface area contributed by atoms with Crippen molar-refractivity contribution in [3.63, 3.8) is 0 Å². The number of nitrogens with one attached hydrogen (secondary N) is 1. The molecule has 5 aromatic rings. The van der Waals surface area contributed by atoms with Gasteiger partial charge in [-0.3, -0.25) is 10.1 Å². The van der Waals surface area contributed by atoms with Crippen LogP contribution >= 0.6 is 11.3 Å². The number of aryl methyl sites for hydroxylation is 1. The highest BCUT2D eigenvalue weighted by atomic mass is 32.1. The summed E-state index contributed by atoms with van der Waals surface area (Å²) in [4.78, 5) is 22.9. The number of rotatable bonds is 4. The van der Waals surface area contributed by atoms with Crippen molar-refractivity contribution >= 4 is 33.3 Å². The van der Waals surface area contributed by atoms with Gasteiger partial charge in [-0.2, -0.15) is 0 Å². The van der Waals surface area contributed by atoms with Crippen LogP contribution in [0.4, 0.5) is 5.13 Å². The molecule has 0 unspecified atom stereocenters. The molecule has 5 heteroatoms. The van der Waals surface area contributed by atoms with E-state index < -0.39 is 0 Å². The number of hydrogen-bond donors (Lipinski definition) is 1. The summed E-state index contributed by atoms with van der Waals surface area (Å²) in [5.41, 5.74) is 7.56. The molecule has 4 nitrogen and oxygen atoms in total. The molecule has 1 N–H and O–H groups in total. The molecule has 2 heterocycles. The molecular formula is C30H27N3OS. The zero-order valence-electron chi connectivity index (χ0n) is 20.3. The van der Waals surface area contributed by atoms with Gasteiger partial charge in [0.15, 0.2) is 5.13 Å². The van der Waals surface area contributed by atoms with Gasteiger partial charge in [-0.15, -0.1) is 11.3 Å². The van der Waals surface area contributed by atoms with Crippen LogP contribution in [-0.4, -0.2) is 15.9 Å². The quantitative estimate of drug-likeness (QED) is 0.286. The lowest BCUT2D eigenvalue weighted by Gasteiger charge is -2.18. The summed E-state index contributed by atoms with van der Waals surface area (Å²) in [6, 6.07) is 26.2. The third kappa shape index (κ3) is 4.86. The first kappa shape index (κ1) is 22.9. The smallest absolute Gasteiger partial charge is 0.258 e. The first-order valence-electron chi connectivity index (χ1n) is 11.6. The summed E-state index contributed by atoms with van der Waals surface area (Å²) in [5, 5.41) is 6.37. The average Bonchev–Trinajstić information content (AvgIpc) is 3.32. The largest absolute Gasteiger partial charge is 0.298 e. The number of nitrogens with zero attached hydrogens (tertiary/aromatic N) is 2. The molecule has 0 saturated carbocycles. The molecule has 0 aliphatic rings. The van der Waals surface area contributed by atoms with E-state index in [9.17, 15) is 4.79 Å².